The molecule has 0 saturated carbocycles. The highest BCUT2D eigenvalue weighted by Gasteiger charge is 2.36. The Labute approximate surface area is 196 Å². The molecule has 3 aromatic rings. The van der Waals surface area contributed by atoms with Crippen molar-refractivity contribution in [3.8, 4) is 0 Å². The van der Waals surface area contributed by atoms with Gasteiger partial charge in [0.25, 0.3) is 17.5 Å². The molecule has 0 atom stereocenters. The molecule has 0 saturated heterocycles. The molecule has 4 rings (SSSR count). The van der Waals surface area contributed by atoms with E-state index in [1.165, 1.54) is 23.5 Å². The van der Waals surface area contributed by atoms with Gasteiger partial charge in [-0.1, -0.05) is 11.3 Å². The maximum Gasteiger partial charge on any atom is 0.338 e. The first-order valence-corrected chi connectivity index (χ1v) is 11.1. The first-order valence-electron chi connectivity index (χ1n) is 10.3. The lowest BCUT2D eigenvalue weighted by molar-refractivity contribution is -0.384. The van der Waals surface area contributed by atoms with E-state index in [2.05, 4.69) is 10.3 Å². The number of anilines is 1. The number of non-ortho nitro benzene ring substituents is 1. The number of thiazole rings is 1. The molecule has 12 heteroatoms. The summed E-state index contributed by atoms with van der Waals surface area (Å²) in [5.74, 6) is -1.95. The van der Waals surface area contributed by atoms with Crippen molar-refractivity contribution < 1.29 is 28.8 Å². The van der Waals surface area contributed by atoms with Crippen LogP contribution in [0.4, 0.5) is 10.8 Å². The number of aromatic nitrogens is 1. The Hall–Kier alpha value is -4.19. The van der Waals surface area contributed by atoms with E-state index < -0.39 is 22.7 Å². The normalized spacial score (nSPS) is 12.7. The number of esters is 1. The fourth-order valence-electron chi connectivity index (χ4n) is 3.49. The monoisotopic (exact) mass is 482 g/mol. The number of amides is 3. The van der Waals surface area contributed by atoms with E-state index >= 15 is 0 Å². The summed E-state index contributed by atoms with van der Waals surface area (Å²) < 4.78 is 5.69. The van der Waals surface area contributed by atoms with Crippen molar-refractivity contribution in [3.05, 3.63) is 63.2 Å². The predicted molar refractivity (Wildman–Crippen MR) is 122 cm³/mol. The molecule has 1 N–H and O–H groups in total. The highest BCUT2D eigenvalue weighted by molar-refractivity contribution is 7.22. The van der Waals surface area contributed by atoms with Crippen molar-refractivity contribution in [2.45, 2.75) is 19.8 Å². The fraction of sp³-hybridized carbons (Fsp3) is 0.227. The van der Waals surface area contributed by atoms with Crippen LogP contribution in [0.3, 0.4) is 0 Å². The molecule has 0 bridgehead atoms. The van der Waals surface area contributed by atoms with E-state index in [1.807, 2.05) is 0 Å². The molecule has 1 aliphatic heterocycles. The zero-order valence-corrected chi connectivity index (χ0v) is 18.7. The van der Waals surface area contributed by atoms with E-state index in [9.17, 15) is 29.3 Å². The van der Waals surface area contributed by atoms with Crippen LogP contribution in [-0.2, 0) is 9.53 Å². The second kappa shape index (κ2) is 9.35. The number of nitro benzene ring substituents is 1. The van der Waals surface area contributed by atoms with Crippen LogP contribution in [0.25, 0.3) is 10.2 Å². The van der Waals surface area contributed by atoms with Crippen LogP contribution in [0.1, 0.15) is 50.8 Å². The maximum absolute atomic E-state index is 12.5. The number of hydrogen-bond donors (Lipinski definition) is 1. The number of hydrogen-bond acceptors (Lipinski definition) is 9. The van der Waals surface area contributed by atoms with Gasteiger partial charge in [-0.25, -0.2) is 9.78 Å². The van der Waals surface area contributed by atoms with Gasteiger partial charge >= 0.3 is 5.97 Å². The Morgan fingerprint density at radius 3 is 2.65 bits per heavy atom. The molecular weight excluding hydrogens is 464 g/mol. The SMILES string of the molecule is CCOC(=O)c1ccc2nc(NC(=O)CCCN3C(=O)c4ccc([N+](=O)[O-])cc4C3=O)sc2c1. The smallest absolute Gasteiger partial charge is 0.338 e. The number of rotatable bonds is 8. The molecule has 0 radical (unpaired) electrons. The molecule has 2 heterocycles. The maximum atomic E-state index is 12.5. The predicted octanol–water partition coefficient (Wildman–Crippen LogP) is 3.40. The van der Waals surface area contributed by atoms with Gasteiger partial charge in [0, 0.05) is 25.1 Å². The van der Waals surface area contributed by atoms with Crippen molar-refractivity contribution >= 4 is 56.1 Å². The largest absolute Gasteiger partial charge is 0.462 e. The van der Waals surface area contributed by atoms with E-state index in [-0.39, 0.29) is 48.7 Å². The Bertz CT molecular complexity index is 1350. The first kappa shape index (κ1) is 23.0. The Morgan fingerprint density at radius 1 is 1.15 bits per heavy atom. The number of benzene rings is 2. The van der Waals surface area contributed by atoms with Crippen molar-refractivity contribution in [1.82, 2.24) is 9.88 Å². The molecule has 2 aromatic carbocycles. The Balaban J connectivity index is 1.34. The van der Waals surface area contributed by atoms with Crippen molar-refractivity contribution in [3.63, 3.8) is 0 Å². The molecule has 11 nitrogen and oxygen atoms in total. The van der Waals surface area contributed by atoms with Crippen LogP contribution >= 0.6 is 11.3 Å². The molecule has 1 aliphatic rings. The summed E-state index contributed by atoms with van der Waals surface area (Å²) in [5, 5.41) is 14.0. The van der Waals surface area contributed by atoms with Gasteiger partial charge in [-0.15, -0.1) is 0 Å². The Morgan fingerprint density at radius 2 is 1.91 bits per heavy atom. The summed E-state index contributed by atoms with van der Waals surface area (Å²) in [7, 11) is 0. The summed E-state index contributed by atoms with van der Waals surface area (Å²) in [5.41, 5.74) is 0.832. The van der Waals surface area contributed by atoms with Gasteiger partial charge in [0.2, 0.25) is 5.91 Å². The summed E-state index contributed by atoms with van der Waals surface area (Å²) in [4.78, 5) is 64.8. The second-order valence-corrected chi connectivity index (χ2v) is 8.35. The van der Waals surface area contributed by atoms with Gasteiger partial charge in [0.05, 0.1) is 38.4 Å². The highest BCUT2D eigenvalue weighted by Crippen LogP contribution is 2.28. The van der Waals surface area contributed by atoms with Gasteiger partial charge in [0.15, 0.2) is 5.13 Å². The first-order chi connectivity index (χ1) is 16.3. The zero-order valence-electron chi connectivity index (χ0n) is 17.9. The fourth-order valence-corrected chi connectivity index (χ4v) is 4.42. The van der Waals surface area contributed by atoms with E-state index in [0.29, 0.717) is 20.9 Å². The number of fused-ring (bicyclic) bond motifs is 2. The molecule has 0 spiro atoms. The van der Waals surface area contributed by atoms with Crippen LogP contribution in [0, 0.1) is 10.1 Å². The zero-order chi connectivity index (χ0) is 24.4. The number of nitrogens with one attached hydrogen (secondary N) is 1. The minimum atomic E-state index is -0.634. The van der Waals surface area contributed by atoms with Gasteiger partial charge in [-0.2, -0.15) is 0 Å². The topological polar surface area (TPSA) is 149 Å². The van der Waals surface area contributed by atoms with Gasteiger partial charge in [0.1, 0.15) is 0 Å². The molecule has 174 valence electrons. The van der Waals surface area contributed by atoms with Crippen LogP contribution in [0.2, 0.25) is 0 Å². The molecule has 0 fully saturated rings. The Kier molecular flexibility index (Phi) is 6.32. The molecule has 1 aromatic heterocycles. The van der Waals surface area contributed by atoms with Gasteiger partial charge in [-0.05, 0) is 37.6 Å². The number of nitro groups is 1. The number of carbonyl (C=O) groups is 4. The van der Waals surface area contributed by atoms with Crippen molar-refractivity contribution in [2.24, 2.45) is 0 Å². The molecule has 0 aliphatic carbocycles. The third kappa shape index (κ3) is 4.48. The van der Waals surface area contributed by atoms with Crippen LogP contribution in [-0.4, -0.2) is 51.6 Å². The van der Waals surface area contributed by atoms with Crippen LogP contribution in [0.5, 0.6) is 0 Å². The minimum absolute atomic E-state index is 0.00366. The van der Waals surface area contributed by atoms with Crippen LogP contribution < -0.4 is 5.32 Å². The average molecular weight is 482 g/mol. The number of imide groups is 1. The lowest BCUT2D eigenvalue weighted by Gasteiger charge is -2.13. The van der Waals surface area contributed by atoms with E-state index in [1.54, 1.807) is 25.1 Å². The third-order valence-corrected chi connectivity index (χ3v) is 6.03. The molecule has 3 amide bonds. The molecular formula is C22H18N4O7S. The summed E-state index contributed by atoms with van der Waals surface area (Å²) in [6.45, 7) is 1.98. The lowest BCUT2D eigenvalue weighted by Crippen LogP contribution is -2.31. The van der Waals surface area contributed by atoms with Crippen LogP contribution in [0.15, 0.2) is 36.4 Å². The minimum Gasteiger partial charge on any atom is -0.462 e. The highest BCUT2D eigenvalue weighted by atomic mass is 32.1. The number of carbonyl (C=O) groups excluding carboxylic acids is 4. The van der Waals surface area contributed by atoms with E-state index in [4.69, 9.17) is 4.74 Å². The van der Waals surface area contributed by atoms with Crippen molar-refractivity contribution in [1.29, 1.82) is 0 Å². The number of ether oxygens (including phenoxy) is 1. The summed E-state index contributed by atoms with van der Waals surface area (Å²) >= 11 is 1.21. The molecule has 0 unspecified atom stereocenters. The standard InChI is InChI=1S/C22H18N4O7S/c1-2-33-21(30)12-5-8-16-17(10-12)34-22(23-16)24-18(27)4-3-9-25-19(28)14-7-6-13(26(31)32)11-15(14)20(25)29/h5-8,10-11H,2-4,9H2,1H3,(H,23,24,27). The van der Waals surface area contributed by atoms with Gasteiger partial charge in [-0.3, -0.25) is 29.4 Å². The lowest BCUT2D eigenvalue weighted by atomic mass is 10.1. The van der Waals surface area contributed by atoms with Crippen molar-refractivity contribution in [2.75, 3.05) is 18.5 Å². The quantitative estimate of drug-likeness (QED) is 0.222. The second-order valence-electron chi connectivity index (χ2n) is 7.32. The van der Waals surface area contributed by atoms with E-state index in [0.717, 1.165) is 11.0 Å². The molecule has 34 heavy (non-hydrogen) atoms. The summed E-state index contributed by atoms with van der Waals surface area (Å²) in [6, 6.07) is 8.44. The average Bonchev–Trinajstić information content (AvgIpc) is 3.31. The van der Waals surface area contributed by atoms with Gasteiger partial charge < -0.3 is 10.1 Å². The third-order valence-electron chi connectivity index (χ3n) is 5.10. The number of nitrogens with zero attached hydrogens (tertiary/aromatic N) is 3. The summed E-state index contributed by atoms with van der Waals surface area (Å²) in [6.07, 6.45) is 0.231.